The van der Waals surface area contributed by atoms with Crippen LogP contribution in [-0.2, 0) is 20.8 Å². The van der Waals surface area contributed by atoms with Crippen LogP contribution in [0, 0.1) is 11.8 Å². The summed E-state index contributed by atoms with van der Waals surface area (Å²) in [6, 6.07) is 9.99. The van der Waals surface area contributed by atoms with Crippen molar-refractivity contribution >= 4 is 5.91 Å². The van der Waals surface area contributed by atoms with E-state index >= 15 is 0 Å². The van der Waals surface area contributed by atoms with Crippen LogP contribution in [0.4, 0.5) is 26.3 Å². The number of amides is 1. The summed E-state index contributed by atoms with van der Waals surface area (Å²) < 4.78 is 82.9. The Morgan fingerprint density at radius 2 is 1.66 bits per heavy atom. The summed E-state index contributed by atoms with van der Waals surface area (Å²) in [5.74, 6) is -5.60. The van der Waals surface area contributed by atoms with Crippen molar-refractivity contribution in [1.82, 2.24) is 5.32 Å². The molecule has 1 amide bonds. The van der Waals surface area contributed by atoms with Gasteiger partial charge in [-0.05, 0) is 18.1 Å². The lowest BCUT2D eigenvalue weighted by atomic mass is 9.93. The lowest BCUT2D eigenvalue weighted by molar-refractivity contribution is -0.472. The fourth-order valence-corrected chi connectivity index (χ4v) is 2.64. The summed E-state index contributed by atoms with van der Waals surface area (Å²) in [7, 11) is 0. The molecule has 0 radical (unpaired) electrons. The third-order valence-corrected chi connectivity index (χ3v) is 4.49. The standard InChI is InChI=1S/C14H17F6NO3.C7H9N/c1-3-9(2)11(22)21-8-10-6-4-5-7-12(10,23-13(15,16)17)24-14(18,19)20;8-6-7-4-2-1-3-5-7/h4-7,9-10H,3,8H2,1-2H3,(H,21,22);1-5H,6,8H2. The molecule has 1 aromatic carbocycles. The number of nitrogens with two attached hydrogens (primary N) is 1. The highest BCUT2D eigenvalue weighted by Crippen LogP contribution is 2.40. The van der Waals surface area contributed by atoms with Crippen LogP contribution in [0.3, 0.4) is 0 Å². The van der Waals surface area contributed by atoms with E-state index in [1.165, 1.54) is 11.6 Å². The van der Waals surface area contributed by atoms with E-state index in [1.54, 1.807) is 13.8 Å². The molecule has 0 saturated heterocycles. The zero-order valence-electron chi connectivity index (χ0n) is 17.5. The van der Waals surface area contributed by atoms with Gasteiger partial charge in [0.05, 0.1) is 5.92 Å². The fourth-order valence-electron chi connectivity index (χ4n) is 2.64. The maximum absolute atomic E-state index is 12.6. The van der Waals surface area contributed by atoms with Gasteiger partial charge in [-0.15, -0.1) is 26.3 Å². The third kappa shape index (κ3) is 9.84. The second kappa shape index (κ2) is 12.0. The third-order valence-electron chi connectivity index (χ3n) is 4.49. The maximum Gasteiger partial charge on any atom is 0.525 e. The molecule has 32 heavy (non-hydrogen) atoms. The molecule has 11 heteroatoms. The summed E-state index contributed by atoms with van der Waals surface area (Å²) in [6.45, 7) is 3.42. The minimum atomic E-state index is -5.38. The smallest absolute Gasteiger partial charge is 0.355 e. The Morgan fingerprint density at radius 1 is 1.09 bits per heavy atom. The van der Waals surface area contributed by atoms with Crippen LogP contribution in [-0.4, -0.2) is 31.0 Å². The maximum atomic E-state index is 12.6. The van der Waals surface area contributed by atoms with Gasteiger partial charge in [0.2, 0.25) is 11.7 Å². The van der Waals surface area contributed by atoms with E-state index in [1.807, 2.05) is 30.3 Å². The van der Waals surface area contributed by atoms with Crippen LogP contribution in [0.5, 0.6) is 0 Å². The molecular weight excluding hydrogens is 442 g/mol. The molecule has 2 unspecified atom stereocenters. The first-order valence-electron chi connectivity index (χ1n) is 9.73. The van der Waals surface area contributed by atoms with Gasteiger partial charge in [0.25, 0.3) is 0 Å². The van der Waals surface area contributed by atoms with Gasteiger partial charge in [-0.1, -0.05) is 62.4 Å². The van der Waals surface area contributed by atoms with Gasteiger partial charge in [-0.25, -0.2) is 0 Å². The minimum absolute atomic E-state index is 0.436. The van der Waals surface area contributed by atoms with Crippen molar-refractivity contribution in [2.75, 3.05) is 6.54 Å². The predicted molar refractivity (Wildman–Crippen MR) is 106 cm³/mol. The molecule has 0 saturated carbocycles. The highest BCUT2D eigenvalue weighted by Gasteiger charge is 2.54. The largest absolute Gasteiger partial charge is 0.525 e. The van der Waals surface area contributed by atoms with Crippen LogP contribution in [0.25, 0.3) is 0 Å². The molecule has 0 aromatic heterocycles. The lowest BCUT2D eigenvalue weighted by Gasteiger charge is -2.38. The van der Waals surface area contributed by atoms with E-state index in [0.29, 0.717) is 19.0 Å². The van der Waals surface area contributed by atoms with Crippen molar-refractivity contribution in [3.05, 3.63) is 60.2 Å². The summed E-state index contributed by atoms with van der Waals surface area (Å²) in [4.78, 5) is 11.7. The van der Waals surface area contributed by atoms with Gasteiger partial charge in [0.15, 0.2) is 0 Å². The van der Waals surface area contributed by atoms with Gasteiger partial charge in [-0.2, -0.15) is 0 Å². The molecule has 0 aliphatic heterocycles. The van der Waals surface area contributed by atoms with Crippen LogP contribution in [0.1, 0.15) is 25.8 Å². The number of halogens is 6. The second-order valence-corrected chi connectivity index (χ2v) is 6.91. The lowest BCUT2D eigenvalue weighted by Crippen LogP contribution is -2.52. The van der Waals surface area contributed by atoms with Crippen LogP contribution in [0.2, 0.25) is 0 Å². The SMILES string of the molecule is CCC(C)C(=O)NCC1C=CC=CC1(OC(F)(F)F)OC(F)(F)F.NCc1ccccc1. The molecule has 0 spiro atoms. The van der Waals surface area contributed by atoms with E-state index in [2.05, 4.69) is 14.8 Å². The van der Waals surface area contributed by atoms with Crippen molar-refractivity contribution in [2.45, 2.75) is 45.3 Å². The molecule has 180 valence electrons. The van der Waals surface area contributed by atoms with E-state index in [4.69, 9.17) is 5.73 Å². The Morgan fingerprint density at radius 3 is 2.09 bits per heavy atom. The Bertz CT molecular complexity index is 747. The first-order chi connectivity index (χ1) is 14.8. The zero-order chi connectivity index (χ0) is 24.4. The number of allylic oxidation sites excluding steroid dienone is 2. The van der Waals surface area contributed by atoms with Gasteiger partial charge in [-0.3, -0.25) is 14.3 Å². The highest BCUT2D eigenvalue weighted by molar-refractivity contribution is 5.78. The minimum Gasteiger partial charge on any atom is -0.355 e. The van der Waals surface area contributed by atoms with Crippen LogP contribution >= 0.6 is 0 Å². The molecule has 1 aliphatic carbocycles. The van der Waals surface area contributed by atoms with Crippen molar-refractivity contribution in [2.24, 2.45) is 17.6 Å². The van der Waals surface area contributed by atoms with Crippen LogP contribution < -0.4 is 11.1 Å². The molecule has 0 fully saturated rings. The average Bonchev–Trinajstić information content (AvgIpc) is 2.70. The molecule has 3 N–H and O–H groups in total. The zero-order valence-corrected chi connectivity index (χ0v) is 17.5. The van der Waals surface area contributed by atoms with E-state index in [9.17, 15) is 31.1 Å². The topological polar surface area (TPSA) is 73.6 Å². The number of hydrogen-bond acceptors (Lipinski definition) is 4. The number of alkyl halides is 6. The number of carbonyl (C=O) groups excluding carboxylic acids is 1. The summed E-state index contributed by atoms with van der Waals surface area (Å²) in [5.41, 5.74) is 6.54. The van der Waals surface area contributed by atoms with E-state index in [0.717, 1.165) is 12.2 Å². The van der Waals surface area contributed by atoms with Crippen LogP contribution in [0.15, 0.2) is 54.6 Å². The van der Waals surface area contributed by atoms with Crippen molar-refractivity contribution in [1.29, 1.82) is 0 Å². The highest BCUT2D eigenvalue weighted by atomic mass is 19.4. The quantitative estimate of drug-likeness (QED) is 0.445. The molecule has 1 aromatic rings. The van der Waals surface area contributed by atoms with Crippen molar-refractivity contribution in [3.8, 4) is 0 Å². The number of rotatable bonds is 7. The molecule has 5 nitrogen and oxygen atoms in total. The Balaban J connectivity index is 0.000000533. The number of hydrogen-bond donors (Lipinski definition) is 2. The molecule has 1 aliphatic rings. The number of nitrogens with one attached hydrogen (secondary N) is 1. The van der Waals surface area contributed by atoms with Gasteiger partial charge < -0.3 is 11.1 Å². The first-order valence-corrected chi connectivity index (χ1v) is 9.73. The number of benzene rings is 1. The monoisotopic (exact) mass is 468 g/mol. The summed E-state index contributed by atoms with van der Waals surface area (Å²) >= 11 is 0. The molecule has 2 atom stereocenters. The number of carbonyl (C=O) groups is 1. The molecule has 0 heterocycles. The van der Waals surface area contributed by atoms with Gasteiger partial charge in [0.1, 0.15) is 0 Å². The van der Waals surface area contributed by atoms with E-state index < -0.39 is 42.8 Å². The Kier molecular flexibility index (Phi) is 10.4. The van der Waals surface area contributed by atoms with Crippen molar-refractivity contribution in [3.63, 3.8) is 0 Å². The first kappa shape index (κ1) is 27.7. The summed E-state index contributed by atoms with van der Waals surface area (Å²) in [5, 5.41) is 2.31. The van der Waals surface area contributed by atoms with E-state index in [-0.39, 0.29) is 0 Å². The van der Waals surface area contributed by atoms with Gasteiger partial charge >= 0.3 is 12.7 Å². The summed E-state index contributed by atoms with van der Waals surface area (Å²) in [6.07, 6.45) is -6.51. The molecule has 0 bridgehead atoms. The Labute approximate surface area is 182 Å². The normalized spacial score (nSPS) is 18.5. The fraction of sp³-hybridized carbons (Fsp3) is 0.476. The number of ether oxygens (including phenoxy) is 2. The van der Waals surface area contributed by atoms with Crippen molar-refractivity contribution < 1.29 is 40.6 Å². The average molecular weight is 468 g/mol. The molecular formula is C21H26F6N2O3. The second-order valence-electron chi connectivity index (χ2n) is 6.91. The predicted octanol–water partition coefficient (Wildman–Crippen LogP) is 4.81. The van der Waals surface area contributed by atoms with Gasteiger partial charge in [0, 0.05) is 19.0 Å². The molecule has 2 rings (SSSR count). The Hall–Kier alpha value is -2.37.